The van der Waals surface area contributed by atoms with Crippen molar-refractivity contribution in [1.29, 1.82) is 0 Å². The third-order valence-electron chi connectivity index (χ3n) is 2.84. The summed E-state index contributed by atoms with van der Waals surface area (Å²) in [5.41, 5.74) is 2.85. The first-order valence-corrected chi connectivity index (χ1v) is 8.18. The molecule has 3 aromatic rings. The van der Waals surface area contributed by atoms with E-state index in [9.17, 15) is 0 Å². The van der Waals surface area contributed by atoms with E-state index in [1.807, 2.05) is 37.3 Å². The zero-order valence-corrected chi connectivity index (χ0v) is 14.3. The Balaban J connectivity index is 1.99. The molecule has 3 rings (SSSR count). The molecule has 0 aliphatic heterocycles. The van der Waals surface area contributed by atoms with Crippen molar-refractivity contribution in [1.82, 2.24) is 4.98 Å². The highest BCUT2D eigenvalue weighted by Crippen LogP contribution is 2.34. The first-order valence-electron chi connectivity index (χ1n) is 5.82. The molecule has 0 aliphatic carbocycles. The van der Waals surface area contributed by atoms with Crippen LogP contribution < -0.4 is 5.32 Å². The van der Waals surface area contributed by atoms with Gasteiger partial charge in [0.05, 0.1) is 15.9 Å². The lowest BCUT2D eigenvalue weighted by Gasteiger charge is -2.07. The number of aromatic nitrogens is 1. The largest absolute Gasteiger partial charge is 0.331 e. The highest BCUT2D eigenvalue weighted by Gasteiger charge is 2.08. The molecule has 0 radical (unpaired) electrons. The molecule has 6 heteroatoms. The van der Waals surface area contributed by atoms with E-state index >= 15 is 0 Å². The molecule has 0 atom stereocenters. The molecule has 0 amide bonds. The summed E-state index contributed by atoms with van der Waals surface area (Å²) in [5, 5.41) is 5.53. The Morgan fingerprint density at radius 1 is 1.20 bits per heavy atom. The van der Waals surface area contributed by atoms with Gasteiger partial charge < -0.3 is 5.32 Å². The first-order chi connectivity index (χ1) is 9.52. The fraction of sp³-hybridized carbons (Fsp3) is 0.0714. The summed E-state index contributed by atoms with van der Waals surface area (Å²) in [6.45, 7) is 1.97. The lowest BCUT2D eigenvalue weighted by Crippen LogP contribution is -1.91. The molecule has 0 saturated heterocycles. The van der Waals surface area contributed by atoms with Crippen LogP contribution in [0.5, 0.6) is 0 Å². The molecule has 0 aliphatic rings. The van der Waals surface area contributed by atoms with Crippen LogP contribution in [0.4, 0.5) is 10.8 Å². The Labute approximate surface area is 138 Å². The Hall–Kier alpha value is -0.810. The van der Waals surface area contributed by atoms with E-state index in [-0.39, 0.29) is 0 Å². The second-order valence-corrected chi connectivity index (χ2v) is 7.07. The second kappa shape index (κ2) is 5.53. The summed E-state index contributed by atoms with van der Waals surface area (Å²) in [4.78, 5) is 4.53. The third-order valence-corrected chi connectivity index (χ3v) is 5.07. The smallest absolute Gasteiger partial charge is 0.188 e. The minimum Gasteiger partial charge on any atom is -0.331 e. The van der Waals surface area contributed by atoms with Gasteiger partial charge in [-0.1, -0.05) is 34.5 Å². The Bertz CT molecular complexity index is 801. The van der Waals surface area contributed by atoms with Crippen molar-refractivity contribution < 1.29 is 0 Å². The number of rotatable bonds is 2. The minimum atomic E-state index is 0.715. The van der Waals surface area contributed by atoms with Gasteiger partial charge in [-0.05, 0) is 58.7 Å². The predicted molar refractivity (Wildman–Crippen MR) is 91.8 cm³/mol. The molecule has 102 valence electrons. The maximum Gasteiger partial charge on any atom is 0.188 e. The standard InChI is InChI=1S/C14H9BrCl2N2S/c1-7-4-9(15)12(6-10(7)17)19-14-18-11-3-2-8(16)5-13(11)20-14/h2-6H,1H3,(H,18,19). The van der Waals surface area contributed by atoms with Crippen molar-refractivity contribution in [2.24, 2.45) is 0 Å². The van der Waals surface area contributed by atoms with E-state index in [1.54, 1.807) is 11.3 Å². The first kappa shape index (κ1) is 14.1. The van der Waals surface area contributed by atoms with Gasteiger partial charge in [-0.3, -0.25) is 0 Å². The van der Waals surface area contributed by atoms with Crippen molar-refractivity contribution in [2.45, 2.75) is 6.92 Å². The molecule has 0 unspecified atom stereocenters. The number of hydrogen-bond donors (Lipinski definition) is 1. The van der Waals surface area contributed by atoms with Crippen molar-refractivity contribution in [3.63, 3.8) is 0 Å². The molecule has 0 bridgehead atoms. The molecule has 1 aromatic heterocycles. The average Bonchev–Trinajstić information content (AvgIpc) is 2.77. The quantitative estimate of drug-likeness (QED) is 0.548. The normalized spacial score (nSPS) is 11.0. The Kier molecular flexibility index (Phi) is 3.91. The van der Waals surface area contributed by atoms with Gasteiger partial charge in [-0.25, -0.2) is 4.98 Å². The van der Waals surface area contributed by atoms with E-state index in [0.717, 1.165) is 36.1 Å². The third kappa shape index (κ3) is 2.79. The van der Waals surface area contributed by atoms with Gasteiger partial charge in [0.15, 0.2) is 5.13 Å². The van der Waals surface area contributed by atoms with Crippen LogP contribution >= 0.6 is 50.5 Å². The lowest BCUT2D eigenvalue weighted by molar-refractivity contribution is 1.40. The zero-order chi connectivity index (χ0) is 14.3. The van der Waals surface area contributed by atoms with Crippen molar-refractivity contribution >= 4 is 71.5 Å². The SMILES string of the molecule is Cc1cc(Br)c(Nc2nc3ccc(Cl)cc3s2)cc1Cl. The van der Waals surface area contributed by atoms with Crippen molar-refractivity contribution in [3.05, 3.63) is 50.4 Å². The summed E-state index contributed by atoms with van der Waals surface area (Å²) in [6.07, 6.45) is 0. The van der Waals surface area contributed by atoms with Gasteiger partial charge in [0.25, 0.3) is 0 Å². The summed E-state index contributed by atoms with van der Waals surface area (Å²) in [6, 6.07) is 9.54. The molecular weight excluding hydrogens is 379 g/mol. The van der Waals surface area contributed by atoms with Crippen molar-refractivity contribution in [3.8, 4) is 0 Å². The molecule has 20 heavy (non-hydrogen) atoms. The lowest BCUT2D eigenvalue weighted by atomic mass is 10.2. The minimum absolute atomic E-state index is 0.715. The molecule has 0 saturated carbocycles. The zero-order valence-electron chi connectivity index (χ0n) is 10.4. The highest BCUT2D eigenvalue weighted by atomic mass is 79.9. The van der Waals surface area contributed by atoms with Crippen LogP contribution in [0, 0.1) is 6.92 Å². The van der Waals surface area contributed by atoms with Crippen LogP contribution in [-0.4, -0.2) is 4.98 Å². The molecular formula is C14H9BrCl2N2S. The van der Waals surface area contributed by atoms with Gasteiger partial charge in [-0.15, -0.1) is 0 Å². The number of anilines is 2. The number of nitrogens with one attached hydrogen (secondary N) is 1. The Morgan fingerprint density at radius 3 is 2.80 bits per heavy atom. The monoisotopic (exact) mass is 386 g/mol. The van der Waals surface area contributed by atoms with Gasteiger partial charge in [-0.2, -0.15) is 0 Å². The number of hydrogen-bond acceptors (Lipinski definition) is 3. The Morgan fingerprint density at radius 2 is 2.00 bits per heavy atom. The molecule has 2 aromatic carbocycles. The second-order valence-electron chi connectivity index (χ2n) is 4.34. The van der Waals surface area contributed by atoms with Crippen LogP contribution in [0.15, 0.2) is 34.8 Å². The number of halogens is 3. The molecule has 0 spiro atoms. The van der Waals surface area contributed by atoms with E-state index in [0.29, 0.717) is 5.02 Å². The number of aryl methyl sites for hydroxylation is 1. The van der Waals surface area contributed by atoms with Crippen LogP contribution in [0.3, 0.4) is 0 Å². The molecule has 0 fully saturated rings. The molecule has 2 nitrogen and oxygen atoms in total. The summed E-state index contributed by atoms with van der Waals surface area (Å²) < 4.78 is 2.01. The summed E-state index contributed by atoms with van der Waals surface area (Å²) in [7, 11) is 0. The van der Waals surface area contributed by atoms with Gasteiger partial charge in [0.1, 0.15) is 0 Å². The number of thiazole rings is 1. The number of fused-ring (bicyclic) bond motifs is 1. The van der Waals surface area contributed by atoms with Crippen molar-refractivity contribution in [2.75, 3.05) is 5.32 Å². The summed E-state index contributed by atoms with van der Waals surface area (Å²) in [5.74, 6) is 0. The van der Waals surface area contributed by atoms with Gasteiger partial charge in [0, 0.05) is 14.5 Å². The van der Waals surface area contributed by atoms with E-state index in [2.05, 4.69) is 26.2 Å². The van der Waals surface area contributed by atoms with Crippen LogP contribution in [0.2, 0.25) is 10.0 Å². The topological polar surface area (TPSA) is 24.9 Å². The predicted octanol–water partition coefficient (Wildman–Crippen LogP) is 6.42. The fourth-order valence-corrected chi connectivity index (χ4v) is 3.68. The number of nitrogens with zero attached hydrogens (tertiary/aromatic N) is 1. The number of benzene rings is 2. The van der Waals surface area contributed by atoms with E-state index in [1.165, 1.54) is 0 Å². The van der Waals surface area contributed by atoms with Crippen LogP contribution in [0.25, 0.3) is 10.2 Å². The maximum absolute atomic E-state index is 6.16. The molecule has 1 N–H and O–H groups in total. The van der Waals surface area contributed by atoms with Gasteiger partial charge >= 0.3 is 0 Å². The fourth-order valence-electron chi connectivity index (χ4n) is 1.81. The summed E-state index contributed by atoms with van der Waals surface area (Å²) >= 11 is 17.2. The van der Waals surface area contributed by atoms with Gasteiger partial charge in [0.2, 0.25) is 0 Å². The average molecular weight is 388 g/mol. The van der Waals surface area contributed by atoms with Crippen LogP contribution in [-0.2, 0) is 0 Å². The highest BCUT2D eigenvalue weighted by molar-refractivity contribution is 9.10. The van der Waals surface area contributed by atoms with E-state index in [4.69, 9.17) is 23.2 Å². The van der Waals surface area contributed by atoms with Crippen LogP contribution in [0.1, 0.15) is 5.56 Å². The maximum atomic E-state index is 6.16. The van der Waals surface area contributed by atoms with E-state index < -0.39 is 0 Å². The molecule has 1 heterocycles.